The number of carbonyl (C=O) groups excluding carboxylic acids is 1. The maximum atomic E-state index is 12.9. The number of hydrogen-bond acceptors (Lipinski definition) is 3. The second-order valence-corrected chi connectivity index (χ2v) is 6.01. The summed E-state index contributed by atoms with van der Waals surface area (Å²) in [5.74, 6) is 1.56. The van der Waals surface area contributed by atoms with Gasteiger partial charge in [0.05, 0.1) is 26.7 Å². The van der Waals surface area contributed by atoms with E-state index in [2.05, 4.69) is 12.1 Å². The van der Waals surface area contributed by atoms with Gasteiger partial charge in [0, 0.05) is 18.2 Å². The number of hydrogen-bond donors (Lipinski definition) is 0. The number of ether oxygens (including phenoxy) is 2. The van der Waals surface area contributed by atoms with Crippen molar-refractivity contribution in [1.82, 2.24) is 4.90 Å². The highest BCUT2D eigenvalue weighted by molar-refractivity contribution is 5.80. The van der Waals surface area contributed by atoms with Crippen LogP contribution < -0.4 is 9.47 Å². The van der Waals surface area contributed by atoms with Crippen LogP contribution in [-0.4, -0.2) is 31.6 Å². The molecule has 126 valence electrons. The van der Waals surface area contributed by atoms with Crippen LogP contribution >= 0.6 is 0 Å². The molecule has 0 bridgehead atoms. The van der Waals surface area contributed by atoms with Gasteiger partial charge in [0.25, 0.3) is 0 Å². The molecule has 0 aromatic heterocycles. The molecule has 0 saturated carbocycles. The van der Waals surface area contributed by atoms with E-state index in [1.165, 1.54) is 5.56 Å². The van der Waals surface area contributed by atoms with E-state index >= 15 is 0 Å². The first kappa shape index (κ1) is 16.4. The van der Waals surface area contributed by atoms with Crippen molar-refractivity contribution in [2.75, 3.05) is 20.8 Å². The SMILES string of the molecule is COc1ccc(CC(=O)N2CCC[C@H]2c2ccccc2)c(OC)c1. The minimum absolute atomic E-state index is 0.143. The highest BCUT2D eigenvalue weighted by Gasteiger charge is 2.30. The molecule has 0 aliphatic carbocycles. The predicted octanol–water partition coefficient (Wildman–Crippen LogP) is 3.61. The summed E-state index contributed by atoms with van der Waals surface area (Å²) in [6.07, 6.45) is 2.41. The van der Waals surface area contributed by atoms with Gasteiger partial charge in [0.1, 0.15) is 11.5 Å². The van der Waals surface area contributed by atoms with Gasteiger partial charge >= 0.3 is 0 Å². The molecule has 1 fully saturated rings. The lowest BCUT2D eigenvalue weighted by molar-refractivity contribution is -0.131. The van der Waals surface area contributed by atoms with Gasteiger partial charge in [-0.1, -0.05) is 36.4 Å². The fourth-order valence-electron chi connectivity index (χ4n) is 3.35. The van der Waals surface area contributed by atoms with Crippen molar-refractivity contribution < 1.29 is 14.3 Å². The van der Waals surface area contributed by atoms with Crippen LogP contribution in [0.5, 0.6) is 11.5 Å². The number of nitrogens with zero attached hydrogens (tertiary/aromatic N) is 1. The summed E-state index contributed by atoms with van der Waals surface area (Å²) in [5.41, 5.74) is 2.10. The monoisotopic (exact) mass is 325 g/mol. The van der Waals surface area contributed by atoms with Crippen LogP contribution in [0.1, 0.15) is 30.0 Å². The highest BCUT2D eigenvalue weighted by Crippen LogP contribution is 2.33. The van der Waals surface area contributed by atoms with E-state index in [9.17, 15) is 4.79 Å². The molecule has 0 spiro atoms. The normalized spacial score (nSPS) is 16.9. The van der Waals surface area contributed by atoms with Crippen LogP contribution in [0.3, 0.4) is 0 Å². The molecule has 24 heavy (non-hydrogen) atoms. The van der Waals surface area contributed by atoms with Crippen LogP contribution in [0.15, 0.2) is 48.5 Å². The average Bonchev–Trinajstić information content (AvgIpc) is 3.12. The Balaban J connectivity index is 1.77. The van der Waals surface area contributed by atoms with Crippen LogP contribution in [0.2, 0.25) is 0 Å². The third kappa shape index (κ3) is 3.37. The summed E-state index contributed by atoms with van der Waals surface area (Å²) >= 11 is 0. The van der Waals surface area contributed by atoms with E-state index in [4.69, 9.17) is 9.47 Å². The van der Waals surface area contributed by atoms with Crippen LogP contribution in [-0.2, 0) is 11.2 Å². The smallest absolute Gasteiger partial charge is 0.227 e. The Morgan fingerprint density at radius 2 is 1.92 bits per heavy atom. The Kier molecular flexibility index (Phi) is 5.04. The van der Waals surface area contributed by atoms with Gasteiger partial charge in [-0.05, 0) is 24.5 Å². The molecule has 0 radical (unpaired) electrons. The molecule has 1 heterocycles. The van der Waals surface area contributed by atoms with Gasteiger partial charge in [0.15, 0.2) is 0 Å². The molecule has 3 rings (SSSR count). The first-order chi connectivity index (χ1) is 11.7. The molecule has 0 unspecified atom stereocenters. The zero-order chi connectivity index (χ0) is 16.9. The largest absolute Gasteiger partial charge is 0.497 e. The quantitative estimate of drug-likeness (QED) is 0.843. The minimum Gasteiger partial charge on any atom is -0.497 e. The summed E-state index contributed by atoms with van der Waals surface area (Å²) in [5, 5.41) is 0. The van der Waals surface area contributed by atoms with Gasteiger partial charge in [-0.15, -0.1) is 0 Å². The fourth-order valence-corrected chi connectivity index (χ4v) is 3.35. The van der Waals surface area contributed by atoms with Gasteiger partial charge in [0.2, 0.25) is 5.91 Å². The van der Waals surface area contributed by atoms with Crippen LogP contribution in [0, 0.1) is 0 Å². The average molecular weight is 325 g/mol. The minimum atomic E-state index is 0.143. The lowest BCUT2D eigenvalue weighted by Crippen LogP contribution is -2.31. The van der Waals surface area contributed by atoms with E-state index < -0.39 is 0 Å². The molecule has 0 N–H and O–H groups in total. The number of benzene rings is 2. The van der Waals surface area contributed by atoms with Gasteiger partial charge in [-0.25, -0.2) is 0 Å². The van der Waals surface area contributed by atoms with E-state index in [1.54, 1.807) is 14.2 Å². The third-order valence-corrected chi connectivity index (χ3v) is 4.59. The molecule has 2 aromatic rings. The summed E-state index contributed by atoms with van der Waals surface area (Å²) in [4.78, 5) is 14.9. The van der Waals surface area contributed by atoms with E-state index in [0.717, 1.165) is 30.7 Å². The lowest BCUT2D eigenvalue weighted by Gasteiger charge is -2.25. The topological polar surface area (TPSA) is 38.8 Å². The van der Waals surface area contributed by atoms with Crippen molar-refractivity contribution in [3.05, 3.63) is 59.7 Å². The molecule has 4 nitrogen and oxygen atoms in total. The van der Waals surface area contributed by atoms with Crippen LogP contribution in [0.25, 0.3) is 0 Å². The Bertz CT molecular complexity index is 699. The molecule has 2 aromatic carbocycles. The number of amides is 1. The Labute approximate surface area is 143 Å². The third-order valence-electron chi connectivity index (χ3n) is 4.59. The Hall–Kier alpha value is -2.49. The number of likely N-dealkylation sites (tertiary alicyclic amines) is 1. The standard InChI is InChI=1S/C20H23NO3/c1-23-17-11-10-16(19(14-17)24-2)13-20(22)21-12-6-9-18(21)15-7-4-3-5-8-15/h3-5,7-8,10-11,14,18H,6,9,12-13H2,1-2H3/t18-/m0/s1. The number of rotatable bonds is 5. The summed E-state index contributed by atoms with van der Waals surface area (Å²) in [6.45, 7) is 0.816. The first-order valence-electron chi connectivity index (χ1n) is 8.28. The summed E-state index contributed by atoms with van der Waals surface area (Å²) in [7, 11) is 3.24. The fraction of sp³-hybridized carbons (Fsp3) is 0.350. The van der Waals surface area contributed by atoms with E-state index in [0.29, 0.717) is 12.2 Å². The zero-order valence-electron chi connectivity index (χ0n) is 14.2. The van der Waals surface area contributed by atoms with Crippen molar-refractivity contribution in [2.24, 2.45) is 0 Å². The van der Waals surface area contributed by atoms with Gasteiger partial charge in [-0.2, -0.15) is 0 Å². The molecular formula is C20H23NO3. The molecule has 1 saturated heterocycles. The van der Waals surface area contributed by atoms with Gasteiger partial charge < -0.3 is 14.4 Å². The van der Waals surface area contributed by atoms with Crippen molar-refractivity contribution in [2.45, 2.75) is 25.3 Å². The second-order valence-electron chi connectivity index (χ2n) is 6.01. The van der Waals surface area contributed by atoms with Crippen molar-refractivity contribution in [3.8, 4) is 11.5 Å². The maximum Gasteiger partial charge on any atom is 0.227 e. The second kappa shape index (κ2) is 7.39. The molecular weight excluding hydrogens is 302 g/mol. The molecule has 1 aliphatic rings. The van der Waals surface area contributed by atoms with Crippen molar-refractivity contribution >= 4 is 5.91 Å². The van der Waals surface area contributed by atoms with Crippen LogP contribution in [0.4, 0.5) is 0 Å². The van der Waals surface area contributed by atoms with Gasteiger partial charge in [-0.3, -0.25) is 4.79 Å². The Morgan fingerprint density at radius 3 is 2.62 bits per heavy atom. The number of methoxy groups -OCH3 is 2. The van der Waals surface area contributed by atoms with Crippen molar-refractivity contribution in [3.63, 3.8) is 0 Å². The number of carbonyl (C=O) groups is 1. The zero-order valence-corrected chi connectivity index (χ0v) is 14.2. The lowest BCUT2D eigenvalue weighted by atomic mass is 10.0. The first-order valence-corrected chi connectivity index (χ1v) is 8.28. The predicted molar refractivity (Wildman–Crippen MR) is 93.4 cm³/mol. The molecule has 1 atom stereocenters. The molecule has 1 aliphatic heterocycles. The summed E-state index contributed by atoms with van der Waals surface area (Å²) < 4.78 is 10.6. The van der Waals surface area contributed by atoms with E-state index in [1.807, 2.05) is 41.3 Å². The maximum absolute atomic E-state index is 12.9. The highest BCUT2D eigenvalue weighted by atomic mass is 16.5. The molecule has 1 amide bonds. The van der Waals surface area contributed by atoms with E-state index in [-0.39, 0.29) is 11.9 Å². The van der Waals surface area contributed by atoms with Crippen molar-refractivity contribution in [1.29, 1.82) is 0 Å². The summed E-state index contributed by atoms with van der Waals surface area (Å²) in [6, 6.07) is 16.0. The Morgan fingerprint density at radius 1 is 1.12 bits per heavy atom. The molecule has 4 heteroatoms.